The van der Waals surface area contributed by atoms with E-state index in [2.05, 4.69) is 10.1 Å². The quantitative estimate of drug-likeness (QED) is 0.632. The lowest BCUT2D eigenvalue weighted by molar-refractivity contribution is -0.114. The van der Waals surface area contributed by atoms with E-state index in [1.54, 1.807) is 18.2 Å². The number of carbonyl (C=O) groups is 1. The summed E-state index contributed by atoms with van der Waals surface area (Å²) < 4.78 is 25.3. The molecule has 0 saturated heterocycles. The van der Waals surface area contributed by atoms with Crippen LogP contribution in [0.2, 0.25) is 10.0 Å². The van der Waals surface area contributed by atoms with Crippen molar-refractivity contribution in [3.63, 3.8) is 0 Å². The number of aryl methyl sites for hydroxylation is 1. The number of halogens is 2. The molecule has 1 amide bonds. The topological polar surface area (TPSA) is 108 Å². The normalized spacial score (nSPS) is 17.8. The summed E-state index contributed by atoms with van der Waals surface area (Å²) in [5.41, 5.74) is 3.00. The number of hydrogen-bond donors (Lipinski definition) is 1. The third-order valence-corrected chi connectivity index (χ3v) is 8.08. The molecule has 160 valence electrons. The molecule has 2 aliphatic rings. The summed E-state index contributed by atoms with van der Waals surface area (Å²) in [5, 5.41) is 14.3. The van der Waals surface area contributed by atoms with Crippen molar-refractivity contribution < 1.29 is 13.2 Å². The van der Waals surface area contributed by atoms with Crippen LogP contribution in [-0.4, -0.2) is 45.5 Å². The molecule has 0 fully saturated rings. The van der Waals surface area contributed by atoms with Gasteiger partial charge in [0.05, 0.1) is 21.3 Å². The highest BCUT2D eigenvalue weighted by molar-refractivity contribution is 8.42. The van der Waals surface area contributed by atoms with Crippen LogP contribution in [0.3, 0.4) is 0 Å². The second kappa shape index (κ2) is 7.63. The Balaban J connectivity index is 1.79. The van der Waals surface area contributed by atoms with Crippen molar-refractivity contribution in [3.8, 4) is 5.69 Å². The van der Waals surface area contributed by atoms with E-state index in [1.165, 1.54) is 0 Å². The van der Waals surface area contributed by atoms with Crippen LogP contribution in [0.1, 0.15) is 17.0 Å². The van der Waals surface area contributed by atoms with Crippen molar-refractivity contribution in [2.45, 2.75) is 13.8 Å². The van der Waals surface area contributed by atoms with Crippen LogP contribution in [0, 0.1) is 19.3 Å². The van der Waals surface area contributed by atoms with Gasteiger partial charge in [-0.3, -0.25) is 10.2 Å². The number of fused-ring (bicyclic) bond motifs is 1. The van der Waals surface area contributed by atoms with Crippen LogP contribution < -0.4 is 0 Å². The number of hydrazone groups is 1. The summed E-state index contributed by atoms with van der Waals surface area (Å²) in [5.74, 6) is -0.883. The fourth-order valence-corrected chi connectivity index (χ4v) is 5.31. The van der Waals surface area contributed by atoms with Gasteiger partial charge < -0.3 is 4.57 Å². The van der Waals surface area contributed by atoms with Crippen molar-refractivity contribution in [1.82, 2.24) is 9.58 Å². The maximum Gasteiger partial charge on any atom is 0.283 e. The molecule has 0 spiro atoms. The van der Waals surface area contributed by atoms with E-state index in [9.17, 15) is 13.2 Å². The Kier molecular flexibility index (Phi) is 5.37. The molecule has 0 atom stereocenters. The Morgan fingerprint density at radius 3 is 2.61 bits per heavy atom. The maximum atomic E-state index is 12.6. The fraction of sp³-hybridized carbons (Fsp3) is 0.158. The van der Waals surface area contributed by atoms with Gasteiger partial charge in [0, 0.05) is 17.6 Å². The summed E-state index contributed by atoms with van der Waals surface area (Å²) in [6.07, 6.45) is 2.55. The van der Waals surface area contributed by atoms with E-state index in [0.717, 1.165) is 34.4 Å². The minimum atomic E-state index is -3.59. The number of hydrogen-bond acceptors (Lipinski definition) is 6. The molecule has 3 heterocycles. The zero-order chi connectivity index (χ0) is 22.7. The third kappa shape index (κ3) is 3.73. The van der Waals surface area contributed by atoms with Crippen LogP contribution in [-0.2, 0) is 14.6 Å². The average molecular weight is 496 g/mol. The number of thioether (sulfide) groups is 1. The smallest absolute Gasteiger partial charge is 0.283 e. The van der Waals surface area contributed by atoms with Gasteiger partial charge in [0.15, 0.2) is 5.84 Å². The summed E-state index contributed by atoms with van der Waals surface area (Å²) in [6.45, 7) is 3.74. The molecule has 2 aliphatic heterocycles. The monoisotopic (exact) mass is 495 g/mol. The summed E-state index contributed by atoms with van der Waals surface area (Å²) in [7, 11) is -3.59. The second-order valence-corrected chi connectivity index (χ2v) is 10.8. The van der Waals surface area contributed by atoms with Crippen LogP contribution >= 0.6 is 35.0 Å². The van der Waals surface area contributed by atoms with Gasteiger partial charge in [0.1, 0.15) is 0 Å². The van der Waals surface area contributed by atoms with Crippen molar-refractivity contribution in [2.75, 3.05) is 6.26 Å². The molecule has 0 radical (unpaired) electrons. The number of nitrogens with one attached hydrogen (secondary N) is 1. The highest BCUT2D eigenvalue weighted by Gasteiger charge is 2.38. The average Bonchev–Trinajstić information content (AvgIpc) is 3.23. The fourth-order valence-electron chi connectivity index (χ4n) is 3.25. The zero-order valence-electron chi connectivity index (χ0n) is 16.5. The van der Waals surface area contributed by atoms with Gasteiger partial charge in [-0.15, -0.1) is 5.10 Å². The zero-order valence-corrected chi connectivity index (χ0v) is 19.6. The van der Waals surface area contributed by atoms with Gasteiger partial charge in [0.25, 0.3) is 5.91 Å². The number of nitrogens with zero attached hydrogens (tertiary/aromatic N) is 4. The highest BCUT2D eigenvalue weighted by Crippen LogP contribution is 2.33. The molecule has 0 saturated carbocycles. The Morgan fingerprint density at radius 2 is 1.94 bits per heavy atom. The van der Waals surface area contributed by atoms with E-state index in [4.69, 9.17) is 28.6 Å². The van der Waals surface area contributed by atoms with Crippen molar-refractivity contribution in [1.29, 1.82) is 5.41 Å². The molecule has 0 bridgehead atoms. The first kappa shape index (κ1) is 21.8. The maximum absolute atomic E-state index is 12.6. The van der Waals surface area contributed by atoms with E-state index < -0.39 is 15.7 Å². The number of carbonyl (C=O) groups excluding carboxylic acids is 1. The van der Waals surface area contributed by atoms with Crippen LogP contribution in [0.25, 0.3) is 11.8 Å². The standard InChI is InChI=1S/C19H15Cl2N5O3S2/c1-9-7-11(10(2)25(9)14-6-4-5-13(20)15(14)21)8-12-16(22)26-18(23-17(12)27)30-19(24-26)31(3,28)29/h4-8,22H,1-3H3/b12-8+,22-16?. The number of amidine groups is 2. The number of benzene rings is 1. The van der Waals surface area contributed by atoms with Crippen molar-refractivity contribution >= 4 is 72.2 Å². The molecule has 1 N–H and O–H groups in total. The predicted octanol–water partition coefficient (Wildman–Crippen LogP) is 4.02. The van der Waals surface area contributed by atoms with E-state index >= 15 is 0 Å². The summed E-state index contributed by atoms with van der Waals surface area (Å²) in [6, 6.07) is 7.17. The minimum Gasteiger partial charge on any atom is -0.316 e. The van der Waals surface area contributed by atoms with Gasteiger partial charge in [-0.05, 0) is 55.4 Å². The number of aliphatic imine (C=N–C) groups is 1. The lowest BCUT2D eigenvalue weighted by Crippen LogP contribution is -2.35. The molecule has 1 aromatic heterocycles. The minimum absolute atomic E-state index is 0.000270. The Hall–Kier alpha value is -2.40. The molecule has 0 unspecified atom stereocenters. The molecule has 2 aromatic rings. The lowest BCUT2D eigenvalue weighted by atomic mass is 10.1. The van der Waals surface area contributed by atoms with E-state index in [-0.39, 0.29) is 21.0 Å². The molecular weight excluding hydrogens is 481 g/mol. The first-order chi connectivity index (χ1) is 14.5. The molecule has 0 aliphatic carbocycles. The molecule has 31 heavy (non-hydrogen) atoms. The predicted molar refractivity (Wildman–Crippen MR) is 125 cm³/mol. The van der Waals surface area contributed by atoms with Crippen molar-refractivity contribution in [2.24, 2.45) is 10.1 Å². The van der Waals surface area contributed by atoms with Crippen LogP contribution in [0.4, 0.5) is 0 Å². The lowest BCUT2D eigenvalue weighted by Gasteiger charge is -2.20. The number of rotatable bonds is 2. The summed E-state index contributed by atoms with van der Waals surface area (Å²) in [4.78, 5) is 16.5. The first-order valence-corrected chi connectivity index (χ1v) is 12.3. The van der Waals surface area contributed by atoms with Gasteiger partial charge in [-0.25, -0.2) is 8.42 Å². The molecule has 1 aromatic carbocycles. The SMILES string of the molecule is Cc1cc(/C=C2\C(=N)N3N=C(S(C)(=O)=O)SC3=NC2=O)c(C)n1-c1cccc(Cl)c1Cl. The Morgan fingerprint density at radius 1 is 1.23 bits per heavy atom. The van der Waals surface area contributed by atoms with Crippen LogP contribution in [0.15, 0.2) is 39.9 Å². The Bertz CT molecular complexity index is 1370. The molecule has 4 rings (SSSR count). The van der Waals surface area contributed by atoms with Gasteiger partial charge >= 0.3 is 0 Å². The first-order valence-electron chi connectivity index (χ1n) is 8.82. The molecule has 8 nitrogen and oxygen atoms in total. The number of sulfone groups is 1. The van der Waals surface area contributed by atoms with Crippen molar-refractivity contribution in [3.05, 3.63) is 56.8 Å². The van der Waals surface area contributed by atoms with E-state index in [0.29, 0.717) is 21.3 Å². The molecule has 12 heteroatoms. The van der Waals surface area contributed by atoms with Crippen LogP contribution in [0.5, 0.6) is 0 Å². The third-order valence-electron chi connectivity index (χ3n) is 4.70. The Labute approximate surface area is 192 Å². The summed E-state index contributed by atoms with van der Waals surface area (Å²) >= 11 is 13.3. The largest absolute Gasteiger partial charge is 0.316 e. The van der Waals surface area contributed by atoms with Gasteiger partial charge in [-0.2, -0.15) is 10.0 Å². The second-order valence-electron chi connectivity index (χ2n) is 6.89. The number of amides is 1. The molecular formula is C19H15Cl2N5O3S2. The number of aromatic nitrogens is 1. The van der Waals surface area contributed by atoms with Gasteiger partial charge in [-0.1, -0.05) is 29.3 Å². The highest BCUT2D eigenvalue weighted by atomic mass is 35.5. The van der Waals surface area contributed by atoms with E-state index in [1.807, 2.05) is 30.5 Å². The van der Waals surface area contributed by atoms with Gasteiger partial charge in [0.2, 0.25) is 19.4 Å².